The molecule has 0 bridgehead atoms. The largest absolute Gasteiger partial charge is 0.0999 e. The van der Waals surface area contributed by atoms with Gasteiger partial charge in [0.05, 0.1) is 0 Å². The number of hydrogen-bond acceptors (Lipinski definition) is 0. The summed E-state index contributed by atoms with van der Waals surface area (Å²) in [6.07, 6.45) is 10.3. The van der Waals surface area contributed by atoms with Crippen LogP contribution in [-0.2, 0) is 0 Å². The summed E-state index contributed by atoms with van der Waals surface area (Å²) in [7, 11) is 0. The van der Waals surface area contributed by atoms with Gasteiger partial charge in [0.1, 0.15) is 0 Å². The first kappa shape index (κ1) is 11.0. The van der Waals surface area contributed by atoms with E-state index < -0.39 is 0 Å². The highest BCUT2D eigenvalue weighted by Gasteiger charge is 2.42. The van der Waals surface area contributed by atoms with Crippen molar-refractivity contribution in [2.24, 2.45) is 23.2 Å². The molecule has 0 heteroatoms. The Balaban J connectivity index is 2.17. The van der Waals surface area contributed by atoms with Crippen LogP contribution in [0.25, 0.3) is 0 Å². The monoisotopic (exact) mass is 204 g/mol. The van der Waals surface area contributed by atoms with Crippen LogP contribution in [0.4, 0.5) is 0 Å². The van der Waals surface area contributed by atoms with Gasteiger partial charge in [-0.25, -0.2) is 0 Å². The molecular weight excluding hydrogens is 180 g/mol. The number of allylic oxidation sites excluding steroid dienone is 3. The predicted octanol–water partition coefficient (Wildman–Crippen LogP) is 4.58. The molecule has 0 saturated heterocycles. The quantitative estimate of drug-likeness (QED) is 0.548. The molecule has 0 aliphatic heterocycles. The lowest BCUT2D eigenvalue weighted by molar-refractivity contribution is 0.0582. The second-order valence-electron chi connectivity index (χ2n) is 6.07. The van der Waals surface area contributed by atoms with E-state index in [0.29, 0.717) is 5.41 Å². The first-order valence-electron chi connectivity index (χ1n) is 6.35. The number of hydrogen-bond donors (Lipinski definition) is 0. The minimum Gasteiger partial charge on any atom is -0.0999 e. The smallest absolute Gasteiger partial charge is 0.0205 e. The highest BCUT2D eigenvalue weighted by molar-refractivity contribution is 5.10. The fraction of sp³-hybridized carbons (Fsp3) is 0.733. The van der Waals surface area contributed by atoms with E-state index in [9.17, 15) is 0 Å². The van der Waals surface area contributed by atoms with Crippen LogP contribution in [0.2, 0.25) is 0 Å². The van der Waals surface area contributed by atoms with Crippen molar-refractivity contribution < 1.29 is 0 Å². The van der Waals surface area contributed by atoms with Crippen LogP contribution in [-0.4, -0.2) is 0 Å². The molecule has 1 saturated carbocycles. The fourth-order valence-corrected chi connectivity index (χ4v) is 3.63. The summed E-state index contributed by atoms with van der Waals surface area (Å²) in [4.78, 5) is 0. The van der Waals surface area contributed by atoms with E-state index >= 15 is 0 Å². The average molecular weight is 204 g/mol. The predicted molar refractivity (Wildman–Crippen MR) is 66.7 cm³/mol. The fourth-order valence-electron chi connectivity index (χ4n) is 3.63. The summed E-state index contributed by atoms with van der Waals surface area (Å²) in [5.74, 6) is 2.45. The van der Waals surface area contributed by atoms with Crippen molar-refractivity contribution in [1.29, 1.82) is 0 Å². The molecule has 2 aliphatic rings. The van der Waals surface area contributed by atoms with Gasteiger partial charge in [-0.15, -0.1) is 0 Å². The van der Waals surface area contributed by atoms with Gasteiger partial charge < -0.3 is 0 Å². The van der Waals surface area contributed by atoms with Crippen LogP contribution in [0.5, 0.6) is 0 Å². The van der Waals surface area contributed by atoms with Crippen LogP contribution in [0.3, 0.4) is 0 Å². The molecule has 0 nitrogen and oxygen atoms in total. The molecule has 2 aliphatic carbocycles. The molecule has 0 aromatic heterocycles. The molecule has 1 fully saturated rings. The topological polar surface area (TPSA) is 0 Å². The minimum atomic E-state index is 0.583. The van der Waals surface area contributed by atoms with Gasteiger partial charge in [0, 0.05) is 0 Å². The van der Waals surface area contributed by atoms with Crippen LogP contribution in [0.15, 0.2) is 24.3 Å². The molecule has 0 aromatic carbocycles. The Hall–Kier alpha value is -0.520. The summed E-state index contributed by atoms with van der Waals surface area (Å²) in [5.41, 5.74) is 1.99. The maximum atomic E-state index is 4.15. The van der Waals surface area contributed by atoms with Gasteiger partial charge in [0.15, 0.2) is 0 Å². The van der Waals surface area contributed by atoms with E-state index in [1.54, 1.807) is 0 Å². The average Bonchev–Trinajstić information content (AvgIpc) is 2.17. The lowest BCUT2D eigenvalue weighted by Crippen LogP contribution is -2.39. The van der Waals surface area contributed by atoms with Crippen molar-refractivity contribution in [1.82, 2.24) is 0 Å². The highest BCUT2D eigenvalue weighted by atomic mass is 14.5. The summed E-state index contributed by atoms with van der Waals surface area (Å²) < 4.78 is 0. The SMILES string of the molecule is C=C(C)C1CCC2(C)CC=CC(C)C2C1. The van der Waals surface area contributed by atoms with E-state index in [0.717, 1.165) is 17.8 Å². The van der Waals surface area contributed by atoms with E-state index in [4.69, 9.17) is 0 Å². The number of rotatable bonds is 1. The number of fused-ring (bicyclic) bond motifs is 1. The Bertz CT molecular complexity index is 286. The van der Waals surface area contributed by atoms with Gasteiger partial charge in [-0.05, 0) is 55.8 Å². The normalized spacial score (nSPS) is 44.9. The molecular formula is C15H24. The molecule has 0 heterocycles. The summed E-state index contributed by atoms with van der Waals surface area (Å²) >= 11 is 0. The molecule has 0 aromatic rings. The second-order valence-corrected chi connectivity index (χ2v) is 6.07. The van der Waals surface area contributed by atoms with Crippen molar-refractivity contribution in [2.45, 2.75) is 46.5 Å². The standard InChI is InChI=1S/C15H24/c1-11(2)13-7-9-15(4)8-5-6-12(3)14(15)10-13/h5-6,12-14H,1,7-10H2,2-4H3. The van der Waals surface area contributed by atoms with Crippen molar-refractivity contribution in [2.75, 3.05) is 0 Å². The summed E-state index contributed by atoms with van der Waals surface area (Å²) in [6, 6.07) is 0. The van der Waals surface area contributed by atoms with Crippen LogP contribution < -0.4 is 0 Å². The zero-order valence-electron chi connectivity index (χ0n) is 10.4. The maximum absolute atomic E-state index is 4.15. The lowest BCUT2D eigenvalue weighted by atomic mass is 9.56. The summed E-state index contributed by atoms with van der Waals surface area (Å²) in [6.45, 7) is 11.2. The molecule has 4 atom stereocenters. The Morgan fingerprint density at radius 3 is 2.87 bits per heavy atom. The molecule has 15 heavy (non-hydrogen) atoms. The van der Waals surface area contributed by atoms with Crippen LogP contribution in [0.1, 0.15) is 46.5 Å². The lowest BCUT2D eigenvalue weighted by Gasteiger charge is -2.48. The Kier molecular flexibility index (Phi) is 2.79. The van der Waals surface area contributed by atoms with Gasteiger partial charge in [0.2, 0.25) is 0 Å². The molecule has 2 rings (SSSR count). The molecule has 0 N–H and O–H groups in total. The van der Waals surface area contributed by atoms with E-state index in [-0.39, 0.29) is 0 Å². The molecule has 0 amide bonds. The molecule has 84 valence electrons. The van der Waals surface area contributed by atoms with Crippen molar-refractivity contribution in [3.8, 4) is 0 Å². The van der Waals surface area contributed by atoms with Gasteiger partial charge in [-0.3, -0.25) is 0 Å². The zero-order chi connectivity index (χ0) is 11.1. The van der Waals surface area contributed by atoms with E-state index in [2.05, 4.69) is 39.5 Å². The van der Waals surface area contributed by atoms with Crippen molar-refractivity contribution in [3.63, 3.8) is 0 Å². The van der Waals surface area contributed by atoms with Crippen molar-refractivity contribution >= 4 is 0 Å². The van der Waals surface area contributed by atoms with E-state index in [1.807, 2.05) is 0 Å². The second kappa shape index (κ2) is 3.81. The van der Waals surface area contributed by atoms with Gasteiger partial charge in [-0.1, -0.05) is 38.2 Å². The Morgan fingerprint density at radius 1 is 1.47 bits per heavy atom. The zero-order valence-corrected chi connectivity index (χ0v) is 10.4. The first-order chi connectivity index (χ1) is 7.03. The van der Waals surface area contributed by atoms with Gasteiger partial charge >= 0.3 is 0 Å². The van der Waals surface area contributed by atoms with Gasteiger partial charge in [-0.2, -0.15) is 0 Å². The Morgan fingerprint density at radius 2 is 2.20 bits per heavy atom. The third-order valence-corrected chi connectivity index (χ3v) is 4.85. The molecule has 4 unspecified atom stereocenters. The maximum Gasteiger partial charge on any atom is -0.0205 e. The molecule has 0 spiro atoms. The third kappa shape index (κ3) is 1.91. The molecule has 0 radical (unpaired) electrons. The Labute approximate surface area is 94.5 Å². The van der Waals surface area contributed by atoms with Crippen LogP contribution in [0, 0.1) is 23.2 Å². The van der Waals surface area contributed by atoms with E-state index in [1.165, 1.54) is 31.3 Å². The van der Waals surface area contributed by atoms with Gasteiger partial charge in [0.25, 0.3) is 0 Å². The van der Waals surface area contributed by atoms with Crippen molar-refractivity contribution in [3.05, 3.63) is 24.3 Å². The highest BCUT2D eigenvalue weighted by Crippen LogP contribution is 2.52. The minimum absolute atomic E-state index is 0.583. The van der Waals surface area contributed by atoms with Crippen LogP contribution >= 0.6 is 0 Å². The third-order valence-electron chi connectivity index (χ3n) is 4.85. The first-order valence-corrected chi connectivity index (χ1v) is 6.35. The summed E-state index contributed by atoms with van der Waals surface area (Å²) in [5, 5.41) is 0.